The highest BCUT2D eigenvalue weighted by Crippen LogP contribution is 2.33. The van der Waals surface area contributed by atoms with Crippen LogP contribution in [-0.2, 0) is 12.8 Å². The first-order valence-corrected chi connectivity index (χ1v) is 9.43. The monoisotopic (exact) mass is 420 g/mol. The van der Waals surface area contributed by atoms with Crippen molar-refractivity contribution < 1.29 is 4.79 Å². The highest BCUT2D eigenvalue weighted by Gasteiger charge is 2.24. The maximum Gasteiger partial charge on any atom is 0.289 e. The summed E-state index contributed by atoms with van der Waals surface area (Å²) in [6.07, 6.45) is 5.16. The van der Waals surface area contributed by atoms with Crippen LogP contribution in [0.15, 0.2) is 64.2 Å². The van der Waals surface area contributed by atoms with Gasteiger partial charge in [-0.1, -0.05) is 54.6 Å². The van der Waals surface area contributed by atoms with Crippen LogP contribution in [0.5, 0.6) is 0 Å². The first kappa shape index (κ1) is 17.4. The van der Waals surface area contributed by atoms with Gasteiger partial charge in [-0.3, -0.25) is 9.89 Å². The zero-order valence-corrected chi connectivity index (χ0v) is 16.0. The molecule has 1 amide bonds. The van der Waals surface area contributed by atoms with Crippen LogP contribution in [0, 0.1) is 0 Å². The SMILES string of the molecule is O=C(N/N=C/C(Br)=C/c1ccccc1)c1[nH]nc2c1CCc1ccccc1-2. The van der Waals surface area contributed by atoms with E-state index in [1.165, 1.54) is 5.56 Å². The summed E-state index contributed by atoms with van der Waals surface area (Å²) in [4.78, 5) is 12.5. The fraction of sp³-hybridized carbons (Fsp3) is 0.0952. The predicted molar refractivity (Wildman–Crippen MR) is 111 cm³/mol. The molecule has 0 atom stereocenters. The molecule has 3 aromatic rings. The van der Waals surface area contributed by atoms with E-state index in [4.69, 9.17) is 0 Å². The molecule has 0 bridgehead atoms. The van der Waals surface area contributed by atoms with Crippen molar-refractivity contribution in [3.63, 3.8) is 0 Å². The highest BCUT2D eigenvalue weighted by molar-refractivity contribution is 9.12. The number of nitrogens with one attached hydrogen (secondary N) is 2. The molecule has 2 N–H and O–H groups in total. The number of hydrogen-bond donors (Lipinski definition) is 2. The van der Waals surface area contributed by atoms with Gasteiger partial charge >= 0.3 is 0 Å². The number of benzene rings is 2. The van der Waals surface area contributed by atoms with E-state index in [0.717, 1.165) is 39.7 Å². The molecule has 0 unspecified atom stereocenters. The Morgan fingerprint density at radius 3 is 2.74 bits per heavy atom. The van der Waals surface area contributed by atoms with Crippen molar-refractivity contribution in [3.05, 3.63) is 81.5 Å². The van der Waals surface area contributed by atoms with E-state index in [2.05, 4.69) is 42.7 Å². The number of allylic oxidation sites excluding steroid dienone is 1. The summed E-state index contributed by atoms with van der Waals surface area (Å²) < 4.78 is 0.759. The van der Waals surface area contributed by atoms with Gasteiger partial charge in [0.25, 0.3) is 5.91 Å². The van der Waals surface area contributed by atoms with E-state index in [-0.39, 0.29) is 5.91 Å². The summed E-state index contributed by atoms with van der Waals surface area (Å²) in [5.41, 5.74) is 8.23. The summed E-state index contributed by atoms with van der Waals surface area (Å²) in [6, 6.07) is 18.0. The average molecular weight is 421 g/mol. The number of nitrogens with zero attached hydrogens (tertiary/aromatic N) is 2. The largest absolute Gasteiger partial charge is 0.289 e. The molecular weight excluding hydrogens is 404 g/mol. The van der Waals surface area contributed by atoms with Crippen molar-refractivity contribution in [2.45, 2.75) is 12.8 Å². The number of hydrogen-bond acceptors (Lipinski definition) is 3. The third-order valence-corrected chi connectivity index (χ3v) is 4.90. The Hall–Kier alpha value is -2.99. The number of carbonyl (C=O) groups excluding carboxylic acids is 1. The van der Waals surface area contributed by atoms with Crippen LogP contribution in [0.4, 0.5) is 0 Å². The van der Waals surface area contributed by atoms with E-state index in [0.29, 0.717) is 5.69 Å². The van der Waals surface area contributed by atoms with Crippen LogP contribution >= 0.6 is 15.9 Å². The van der Waals surface area contributed by atoms with Crippen molar-refractivity contribution in [2.75, 3.05) is 0 Å². The Labute approximate surface area is 165 Å². The van der Waals surface area contributed by atoms with Crippen molar-refractivity contribution in [1.82, 2.24) is 15.6 Å². The van der Waals surface area contributed by atoms with Crippen molar-refractivity contribution in [3.8, 4) is 11.3 Å². The third kappa shape index (κ3) is 3.75. The van der Waals surface area contributed by atoms with Crippen LogP contribution in [0.25, 0.3) is 17.3 Å². The minimum absolute atomic E-state index is 0.292. The minimum atomic E-state index is -0.292. The maximum absolute atomic E-state index is 12.5. The lowest BCUT2D eigenvalue weighted by atomic mass is 9.89. The number of hydrazone groups is 1. The molecule has 1 aliphatic carbocycles. The minimum Gasteiger partial charge on any atom is -0.272 e. The molecule has 6 heteroatoms. The number of halogens is 1. The molecule has 1 heterocycles. The second kappa shape index (κ2) is 7.72. The molecule has 134 valence electrons. The normalized spacial score (nSPS) is 13.3. The molecule has 2 aromatic carbocycles. The summed E-state index contributed by atoms with van der Waals surface area (Å²) in [5, 5.41) is 11.3. The van der Waals surface area contributed by atoms with E-state index >= 15 is 0 Å². The first-order valence-electron chi connectivity index (χ1n) is 8.63. The van der Waals surface area contributed by atoms with Crippen molar-refractivity contribution >= 4 is 34.1 Å². The molecule has 0 fully saturated rings. The van der Waals surface area contributed by atoms with Gasteiger partial charge in [0.15, 0.2) is 0 Å². The molecule has 5 nitrogen and oxygen atoms in total. The van der Waals surface area contributed by atoms with Gasteiger partial charge in [0.05, 0.1) is 11.9 Å². The van der Waals surface area contributed by atoms with Gasteiger partial charge in [0.1, 0.15) is 5.69 Å². The Bertz CT molecular complexity index is 1040. The Balaban J connectivity index is 1.47. The number of aromatic nitrogens is 2. The standard InChI is InChI=1S/C21H17BrN4O/c22-16(12-14-6-2-1-3-7-14)13-23-26-21(27)20-18-11-10-15-8-4-5-9-17(15)19(18)24-25-20/h1-9,12-13H,10-11H2,(H,24,25)(H,26,27)/b16-12-,23-13+. The summed E-state index contributed by atoms with van der Waals surface area (Å²) >= 11 is 3.43. The zero-order valence-electron chi connectivity index (χ0n) is 14.4. The second-order valence-electron chi connectivity index (χ2n) is 6.22. The average Bonchev–Trinajstić information content (AvgIpc) is 3.13. The summed E-state index contributed by atoms with van der Waals surface area (Å²) in [6.45, 7) is 0. The lowest BCUT2D eigenvalue weighted by molar-refractivity contribution is 0.0949. The van der Waals surface area contributed by atoms with Crippen LogP contribution < -0.4 is 5.43 Å². The van der Waals surface area contributed by atoms with Gasteiger partial charge in [-0.25, -0.2) is 5.43 Å². The summed E-state index contributed by atoms with van der Waals surface area (Å²) in [7, 11) is 0. The molecule has 0 aliphatic heterocycles. The molecule has 0 radical (unpaired) electrons. The number of rotatable bonds is 4. The topological polar surface area (TPSA) is 70.1 Å². The number of amides is 1. The van der Waals surface area contributed by atoms with Crippen LogP contribution in [0.1, 0.15) is 27.2 Å². The highest BCUT2D eigenvalue weighted by atomic mass is 79.9. The Morgan fingerprint density at radius 1 is 1.11 bits per heavy atom. The van der Waals surface area contributed by atoms with Gasteiger partial charge in [0.2, 0.25) is 0 Å². The molecule has 0 saturated heterocycles. The third-order valence-electron chi connectivity index (χ3n) is 4.47. The maximum atomic E-state index is 12.5. The fourth-order valence-corrected chi connectivity index (χ4v) is 3.57. The van der Waals surface area contributed by atoms with E-state index < -0.39 is 0 Å². The molecular formula is C21H17BrN4O. The molecule has 0 spiro atoms. The predicted octanol–water partition coefficient (Wildman–Crippen LogP) is 4.33. The number of aromatic amines is 1. The van der Waals surface area contributed by atoms with Gasteiger partial charge in [-0.15, -0.1) is 0 Å². The van der Waals surface area contributed by atoms with Gasteiger partial charge in [-0.2, -0.15) is 10.2 Å². The van der Waals surface area contributed by atoms with E-state index in [1.54, 1.807) is 6.21 Å². The first-order chi connectivity index (χ1) is 13.2. The number of carbonyl (C=O) groups is 1. The van der Waals surface area contributed by atoms with Crippen LogP contribution in [-0.4, -0.2) is 22.3 Å². The van der Waals surface area contributed by atoms with Crippen molar-refractivity contribution in [2.24, 2.45) is 5.10 Å². The van der Waals surface area contributed by atoms with E-state index in [9.17, 15) is 4.79 Å². The lowest BCUT2D eigenvalue weighted by Crippen LogP contribution is -2.20. The molecule has 4 rings (SSSR count). The van der Waals surface area contributed by atoms with Gasteiger partial charge in [0, 0.05) is 15.6 Å². The number of aryl methyl sites for hydroxylation is 1. The van der Waals surface area contributed by atoms with Crippen LogP contribution in [0.3, 0.4) is 0 Å². The molecule has 27 heavy (non-hydrogen) atoms. The van der Waals surface area contributed by atoms with Crippen LogP contribution in [0.2, 0.25) is 0 Å². The zero-order chi connectivity index (χ0) is 18.6. The smallest absolute Gasteiger partial charge is 0.272 e. The van der Waals surface area contributed by atoms with Gasteiger partial charge < -0.3 is 0 Å². The second-order valence-corrected chi connectivity index (χ2v) is 7.14. The van der Waals surface area contributed by atoms with Gasteiger partial charge in [-0.05, 0) is 46.0 Å². The Kier molecular flexibility index (Phi) is 4.98. The van der Waals surface area contributed by atoms with Crippen molar-refractivity contribution in [1.29, 1.82) is 0 Å². The van der Waals surface area contributed by atoms with E-state index in [1.807, 2.05) is 54.6 Å². The lowest BCUT2D eigenvalue weighted by Gasteiger charge is -2.15. The fourth-order valence-electron chi connectivity index (χ4n) is 3.20. The number of H-pyrrole nitrogens is 1. The number of fused-ring (bicyclic) bond motifs is 3. The molecule has 1 aliphatic rings. The molecule has 1 aromatic heterocycles. The molecule has 0 saturated carbocycles. The Morgan fingerprint density at radius 2 is 1.89 bits per heavy atom. The summed E-state index contributed by atoms with van der Waals surface area (Å²) in [5.74, 6) is -0.292. The quantitative estimate of drug-likeness (QED) is 0.487.